The summed E-state index contributed by atoms with van der Waals surface area (Å²) in [6.45, 7) is 0. The van der Waals surface area contributed by atoms with Gasteiger partial charge in [0.2, 0.25) is 0 Å². The van der Waals surface area contributed by atoms with E-state index in [9.17, 15) is 39.6 Å². The first-order valence-electron chi connectivity index (χ1n) is 13.7. The minimum atomic E-state index is -1.62. The van der Waals surface area contributed by atoms with Crippen LogP contribution in [0, 0.1) is 0 Å². The van der Waals surface area contributed by atoms with Crippen molar-refractivity contribution >= 4 is 45.4 Å². The van der Waals surface area contributed by atoms with E-state index in [-0.39, 0.29) is 22.6 Å². The van der Waals surface area contributed by atoms with Crippen molar-refractivity contribution in [1.29, 1.82) is 0 Å². The molecule has 0 fully saturated rings. The third-order valence-electron chi connectivity index (χ3n) is 7.38. The molecule has 0 aromatic heterocycles. The van der Waals surface area contributed by atoms with Gasteiger partial charge in [-0.2, -0.15) is 0 Å². The molecule has 0 amide bonds. The van der Waals surface area contributed by atoms with Crippen molar-refractivity contribution in [3.8, 4) is 34.1 Å². The smallest absolute Gasteiger partial charge is 0.340 e. The van der Waals surface area contributed by atoms with Crippen LogP contribution in [0.15, 0.2) is 109 Å². The van der Waals surface area contributed by atoms with Crippen LogP contribution in [0.2, 0.25) is 0 Å². The number of aromatic carboxylic acids is 4. The molecule has 46 heavy (non-hydrogen) atoms. The van der Waals surface area contributed by atoms with E-state index in [4.69, 9.17) is 9.47 Å². The van der Waals surface area contributed by atoms with Crippen LogP contribution in [-0.4, -0.2) is 44.3 Å². The number of carboxylic acid groups (broad SMARTS) is 4. The van der Waals surface area contributed by atoms with Gasteiger partial charge in [-0.05, 0) is 70.1 Å². The quantitative estimate of drug-likeness (QED) is 0.125. The Morgan fingerprint density at radius 3 is 1.13 bits per heavy atom. The van der Waals surface area contributed by atoms with Gasteiger partial charge in [0.1, 0.15) is 22.6 Å². The zero-order valence-electron chi connectivity index (χ0n) is 23.6. The molecule has 0 radical (unpaired) electrons. The summed E-state index contributed by atoms with van der Waals surface area (Å²) in [4.78, 5) is 49.5. The Labute approximate surface area is 259 Å². The molecular weight excluding hydrogens is 592 g/mol. The fourth-order valence-corrected chi connectivity index (χ4v) is 5.28. The molecule has 0 bridgehead atoms. The minimum Gasteiger partial charge on any atom is -0.478 e. The molecule has 0 atom stereocenters. The number of carboxylic acids is 4. The van der Waals surface area contributed by atoms with Crippen molar-refractivity contribution in [3.63, 3.8) is 0 Å². The maximum absolute atomic E-state index is 12.6. The first kappa shape index (κ1) is 29.4. The van der Waals surface area contributed by atoms with Crippen LogP contribution in [0.5, 0.6) is 23.0 Å². The molecule has 0 aliphatic rings. The minimum absolute atomic E-state index is 0.0502. The summed E-state index contributed by atoms with van der Waals surface area (Å²) in [7, 11) is 0. The highest BCUT2D eigenvalue weighted by Gasteiger charge is 2.31. The van der Waals surface area contributed by atoms with Crippen LogP contribution in [0.1, 0.15) is 41.4 Å². The summed E-state index contributed by atoms with van der Waals surface area (Å²) in [6, 6.07) is 29.2. The van der Waals surface area contributed by atoms with Crippen LogP contribution < -0.4 is 9.47 Å². The first-order chi connectivity index (χ1) is 22.1. The monoisotopic (exact) mass is 614 g/mol. The summed E-state index contributed by atoms with van der Waals surface area (Å²) in [5, 5.41) is 43.5. The summed E-state index contributed by atoms with van der Waals surface area (Å²) in [6.07, 6.45) is 0. The standard InChI is InChI=1S/C36H22O10/c37-33(38)27-15-13-25(31(29(27)35(41)42)45-23-11-9-19-5-1-3-7-21(19)17-23)26-14-16-28(34(39)40)30(36(43)44)32(26)46-24-12-10-20-6-2-4-8-22(20)18-24/h1-18H,(H,37,38)(H,39,40)(H,41,42)(H,43,44). The van der Waals surface area contributed by atoms with Gasteiger partial charge in [0.25, 0.3) is 0 Å². The molecule has 6 aromatic carbocycles. The van der Waals surface area contributed by atoms with Crippen LogP contribution in [0.3, 0.4) is 0 Å². The lowest BCUT2D eigenvalue weighted by atomic mass is 9.93. The molecule has 0 heterocycles. The maximum Gasteiger partial charge on any atom is 0.340 e. The van der Waals surface area contributed by atoms with Gasteiger partial charge < -0.3 is 29.9 Å². The highest BCUT2D eigenvalue weighted by molar-refractivity contribution is 6.09. The Bertz CT molecular complexity index is 2080. The topological polar surface area (TPSA) is 168 Å². The van der Waals surface area contributed by atoms with Crippen molar-refractivity contribution in [1.82, 2.24) is 0 Å². The average Bonchev–Trinajstić information content (AvgIpc) is 3.04. The molecule has 10 nitrogen and oxygen atoms in total. The molecule has 226 valence electrons. The number of benzene rings is 6. The number of ether oxygens (including phenoxy) is 2. The van der Waals surface area contributed by atoms with Gasteiger partial charge >= 0.3 is 23.9 Å². The van der Waals surface area contributed by atoms with Crippen LogP contribution in [0.4, 0.5) is 0 Å². The van der Waals surface area contributed by atoms with Gasteiger partial charge in [-0.3, -0.25) is 0 Å². The molecule has 4 N–H and O–H groups in total. The summed E-state index contributed by atoms with van der Waals surface area (Å²) >= 11 is 0. The maximum atomic E-state index is 12.6. The lowest BCUT2D eigenvalue weighted by molar-refractivity contribution is 0.0648. The normalized spacial score (nSPS) is 10.9. The Hall–Kier alpha value is -6.68. The average molecular weight is 615 g/mol. The van der Waals surface area contributed by atoms with E-state index >= 15 is 0 Å². The number of rotatable bonds is 9. The van der Waals surface area contributed by atoms with E-state index < -0.39 is 57.6 Å². The first-order valence-corrected chi connectivity index (χ1v) is 13.7. The molecule has 0 spiro atoms. The van der Waals surface area contributed by atoms with Gasteiger partial charge in [0.15, 0.2) is 11.5 Å². The molecule has 6 rings (SSSR count). The van der Waals surface area contributed by atoms with Crippen LogP contribution in [0.25, 0.3) is 32.7 Å². The van der Waals surface area contributed by atoms with E-state index in [1.165, 1.54) is 12.1 Å². The third-order valence-corrected chi connectivity index (χ3v) is 7.38. The molecule has 0 aliphatic carbocycles. The Kier molecular flexibility index (Phi) is 7.53. The van der Waals surface area contributed by atoms with Crippen molar-refractivity contribution < 1.29 is 49.1 Å². The van der Waals surface area contributed by atoms with Crippen molar-refractivity contribution in [2.45, 2.75) is 0 Å². The second-order valence-electron chi connectivity index (χ2n) is 10.2. The van der Waals surface area contributed by atoms with E-state index in [0.717, 1.165) is 33.7 Å². The van der Waals surface area contributed by atoms with Gasteiger partial charge in [0, 0.05) is 11.1 Å². The second kappa shape index (κ2) is 11.8. The van der Waals surface area contributed by atoms with Crippen LogP contribution in [-0.2, 0) is 0 Å². The largest absolute Gasteiger partial charge is 0.478 e. The predicted molar refractivity (Wildman–Crippen MR) is 168 cm³/mol. The number of hydrogen-bond acceptors (Lipinski definition) is 6. The SMILES string of the molecule is O=C(O)c1ccc(-c2ccc(C(=O)O)c(C(=O)O)c2Oc2ccc3ccccc3c2)c(Oc2ccc3ccccc3c2)c1C(=O)O. The molecule has 0 aliphatic heterocycles. The zero-order valence-corrected chi connectivity index (χ0v) is 23.6. The van der Waals surface area contributed by atoms with Gasteiger partial charge in [-0.25, -0.2) is 19.2 Å². The van der Waals surface area contributed by atoms with Crippen LogP contribution >= 0.6 is 0 Å². The Morgan fingerprint density at radius 1 is 0.413 bits per heavy atom. The predicted octanol–water partition coefficient (Wildman–Crippen LogP) is 8.04. The van der Waals surface area contributed by atoms with E-state index in [1.54, 1.807) is 48.5 Å². The van der Waals surface area contributed by atoms with E-state index in [2.05, 4.69) is 0 Å². The zero-order chi connectivity index (χ0) is 32.5. The summed E-state index contributed by atoms with van der Waals surface area (Å²) in [5.74, 6) is -6.79. The number of carbonyl (C=O) groups is 4. The van der Waals surface area contributed by atoms with Crippen molar-refractivity contribution in [2.24, 2.45) is 0 Å². The van der Waals surface area contributed by atoms with Gasteiger partial charge in [0.05, 0.1) is 11.1 Å². The Balaban J connectivity index is 1.63. The lowest BCUT2D eigenvalue weighted by Gasteiger charge is -2.20. The molecule has 6 aromatic rings. The fraction of sp³-hybridized carbons (Fsp3) is 0. The van der Waals surface area contributed by atoms with E-state index in [1.807, 2.05) is 36.4 Å². The summed E-state index contributed by atoms with van der Waals surface area (Å²) < 4.78 is 12.3. The van der Waals surface area contributed by atoms with Crippen molar-refractivity contribution in [3.05, 3.63) is 131 Å². The highest BCUT2D eigenvalue weighted by Crippen LogP contribution is 2.46. The highest BCUT2D eigenvalue weighted by atomic mass is 16.5. The van der Waals surface area contributed by atoms with Gasteiger partial charge in [-0.1, -0.05) is 60.7 Å². The third kappa shape index (κ3) is 5.42. The lowest BCUT2D eigenvalue weighted by Crippen LogP contribution is -2.13. The fourth-order valence-electron chi connectivity index (χ4n) is 5.28. The van der Waals surface area contributed by atoms with Crippen molar-refractivity contribution in [2.75, 3.05) is 0 Å². The number of hydrogen-bond donors (Lipinski definition) is 4. The molecule has 10 heteroatoms. The molecule has 0 unspecified atom stereocenters. The van der Waals surface area contributed by atoms with Gasteiger partial charge in [-0.15, -0.1) is 0 Å². The Morgan fingerprint density at radius 2 is 0.783 bits per heavy atom. The molecule has 0 saturated carbocycles. The molecule has 0 saturated heterocycles. The summed E-state index contributed by atoms with van der Waals surface area (Å²) in [5.41, 5.74) is -2.66. The number of fused-ring (bicyclic) bond motifs is 2. The molecular formula is C36H22O10. The van der Waals surface area contributed by atoms with E-state index in [0.29, 0.717) is 0 Å². The second-order valence-corrected chi connectivity index (χ2v) is 10.2.